The number of carbonyl (C=O) groups excluding carboxylic acids is 6. The van der Waals surface area contributed by atoms with E-state index in [-0.39, 0.29) is 141 Å². The number of hydrogen-bond acceptors (Lipinski definition) is 16. The number of rotatable bonds is 16. The number of aromatic hydroxyl groups is 7. The van der Waals surface area contributed by atoms with Gasteiger partial charge in [-0.15, -0.1) is 0 Å². The Labute approximate surface area is 809 Å². The molecule has 7 aromatic rings. The van der Waals surface area contributed by atoms with E-state index in [9.17, 15) is 64.5 Å². The second-order valence-electron chi connectivity index (χ2n) is 46.7. The van der Waals surface area contributed by atoms with Gasteiger partial charge in [-0.1, -0.05) is 167 Å². The van der Waals surface area contributed by atoms with Crippen LogP contribution in [0.3, 0.4) is 0 Å². The van der Waals surface area contributed by atoms with Crippen LogP contribution in [0.15, 0.2) is 146 Å². The molecule has 0 aliphatic heterocycles. The third-order valence-electron chi connectivity index (χ3n) is 19.4. The van der Waals surface area contributed by atoms with Crippen molar-refractivity contribution in [2.45, 2.75) is 315 Å². The molecule has 7 rings (SSSR count). The van der Waals surface area contributed by atoms with Crippen LogP contribution in [0, 0.1) is 0 Å². The minimum Gasteiger partial charge on any atom is -0.508 e. The molecule has 0 saturated heterocycles. The zero-order valence-electron chi connectivity index (χ0n) is 89.2. The molecule has 22 heteroatoms. The molecule has 0 saturated carbocycles. The van der Waals surface area contributed by atoms with Gasteiger partial charge >= 0.3 is 0 Å². The monoisotopic (exact) mass is 1860 g/mol. The summed E-state index contributed by atoms with van der Waals surface area (Å²) in [5, 5.41) is 88.5. The Morgan fingerprint density at radius 2 is 0.504 bits per heavy atom. The van der Waals surface area contributed by atoms with Crippen LogP contribution in [-0.2, 0) is 61.3 Å². The van der Waals surface area contributed by atoms with Crippen molar-refractivity contribution in [1.82, 2.24) is 31.9 Å². The fraction of sp³-hybridized carbons (Fsp3) is 0.469. The molecule has 135 heavy (non-hydrogen) atoms. The van der Waals surface area contributed by atoms with Gasteiger partial charge in [-0.2, -0.15) is 0 Å². The number of nitrogens with zero attached hydrogens (tertiary/aromatic N) is 2. The lowest BCUT2D eigenvalue weighted by molar-refractivity contribution is -0.118. The van der Waals surface area contributed by atoms with E-state index >= 15 is 0 Å². The van der Waals surface area contributed by atoms with Gasteiger partial charge < -0.3 is 82.2 Å². The summed E-state index contributed by atoms with van der Waals surface area (Å²) in [6, 6.07) is 33.3. The van der Waals surface area contributed by atoms with Crippen LogP contribution in [0.25, 0.3) is 47.6 Å². The molecule has 0 radical (unpaired) electrons. The van der Waals surface area contributed by atoms with Crippen molar-refractivity contribution in [2.75, 3.05) is 45.1 Å². The van der Waals surface area contributed by atoms with Gasteiger partial charge in [-0.25, -0.2) is 0 Å². The van der Waals surface area contributed by atoms with Crippen LogP contribution >= 0.6 is 0 Å². The zero-order valence-corrected chi connectivity index (χ0v) is 89.2. The standard InChI is InChI=1S/C23H29NO2.2C19H30N2O2.C18H27NO3.C17H25NO3.C17H25NO2/c1-22(2,3)19-15-20(25)17(12-13-21(26)24-23(4,5)6)14-18(19)16-10-8-7-9-11-16;2*1-18(2,3)14-12-16(22)13(11-15(14)21(7)8)9-10-17(23)20-19(4,5)6;1-17(2,3)13-11-14(20)12(10-15(13)22-7)8-9-16(21)19-18(4,5)6;1-16(2,3)12-10-13(19)11(9-14(12)20)7-8-15(21)18-17(4,5)6;1-16(2,3)13-9-7-12(14(19)11-13)8-10-15(20)18-17(4,5)6/h7-15,25H,1-6H3,(H,24,26);2*9-12,22H,1-8H3,(H,20,23);8-11,20H,1-7H3,(H,19,21);7-10,19-20H,1-6H3,(H,18,21);7-11,19H,1-6H3,(H,18,20)/b13-12+;2*10-9+;9-8+;8-7+;10-8+. The Morgan fingerprint density at radius 1 is 0.259 bits per heavy atom. The van der Waals surface area contributed by atoms with Crippen molar-refractivity contribution in [3.63, 3.8) is 0 Å². The average molecular weight is 1860 g/mol. The molecule has 0 atom stereocenters. The SMILES string of the molecule is CC(C)(C)NC(=O)/C=C/c1cc(-c2ccccc2)c(C(C)(C)C)cc1O.CC(C)(C)NC(=O)/C=C/c1cc(O)c(C(C)(C)C)cc1O.CC(C)(C)NC(=O)/C=C/c1ccc(C(C)(C)C)cc1O.CN(C)c1cc(/C=C/C(=O)NC(C)(C)C)c(O)cc1C(C)(C)C.CN(C)c1cc(/C=C/C(=O)NC(C)(C)C)c(O)cc1C(C)(C)C.COc1cc(/C=C/C(=O)NC(C)(C)C)c(O)cc1C(C)(C)C. The normalized spacial score (nSPS) is 12.5. The number of benzene rings is 7. The quantitative estimate of drug-likeness (QED) is 0.0316. The van der Waals surface area contributed by atoms with Crippen LogP contribution in [0.2, 0.25) is 0 Å². The largest absolute Gasteiger partial charge is 0.508 e. The molecule has 0 unspecified atom stereocenters. The van der Waals surface area contributed by atoms with Crippen molar-refractivity contribution >= 4 is 83.3 Å². The summed E-state index contributed by atoms with van der Waals surface area (Å²) in [6.45, 7) is 71.9. The predicted molar refractivity (Wildman–Crippen MR) is 565 cm³/mol. The molecular weight excluding hydrogens is 1690 g/mol. The Morgan fingerprint density at radius 3 is 0.763 bits per heavy atom. The summed E-state index contributed by atoms with van der Waals surface area (Å²) in [6.07, 6.45) is 18.2. The highest BCUT2D eigenvalue weighted by Gasteiger charge is 2.28. The van der Waals surface area contributed by atoms with Gasteiger partial charge in [0.25, 0.3) is 0 Å². The highest BCUT2D eigenvalue weighted by Crippen LogP contribution is 2.43. The lowest BCUT2D eigenvalue weighted by atomic mass is 9.81. The summed E-state index contributed by atoms with van der Waals surface area (Å²) in [7, 11) is 9.49. The van der Waals surface area contributed by atoms with Gasteiger partial charge in [0.05, 0.1) is 7.11 Å². The lowest BCUT2D eigenvalue weighted by Crippen LogP contribution is -2.39. The number of nitrogens with one attached hydrogen (secondary N) is 6. The molecule has 7 aromatic carbocycles. The van der Waals surface area contributed by atoms with Crippen molar-refractivity contribution in [3.05, 3.63) is 212 Å². The third-order valence-corrected chi connectivity index (χ3v) is 19.4. The van der Waals surface area contributed by atoms with E-state index in [0.717, 1.165) is 50.3 Å². The first kappa shape index (κ1) is 119. The number of ether oxygens (including phenoxy) is 1. The first-order chi connectivity index (χ1) is 60.9. The van der Waals surface area contributed by atoms with Crippen molar-refractivity contribution < 1.29 is 69.2 Å². The number of anilines is 2. The minimum absolute atomic E-state index is 0.0106. The number of phenols is 7. The maximum Gasteiger partial charge on any atom is 0.244 e. The van der Waals surface area contributed by atoms with Crippen LogP contribution in [-0.4, -0.2) is 140 Å². The molecule has 13 N–H and O–H groups in total. The van der Waals surface area contributed by atoms with Gasteiger partial charge in [-0.05, 0) is 294 Å². The fourth-order valence-corrected chi connectivity index (χ4v) is 13.0. The zero-order chi connectivity index (χ0) is 105. The average Bonchev–Trinajstić information content (AvgIpc) is 0.786. The molecule has 0 fully saturated rings. The third kappa shape index (κ3) is 44.2. The highest BCUT2D eigenvalue weighted by molar-refractivity contribution is 5.96. The van der Waals surface area contributed by atoms with E-state index in [1.54, 1.807) is 67.8 Å². The lowest BCUT2D eigenvalue weighted by Gasteiger charge is -2.27. The second-order valence-corrected chi connectivity index (χ2v) is 46.7. The maximum atomic E-state index is 12.0. The van der Waals surface area contributed by atoms with E-state index < -0.39 is 0 Å². The second kappa shape index (κ2) is 47.8. The molecule has 0 heterocycles. The van der Waals surface area contributed by atoms with E-state index in [1.807, 2.05) is 238 Å². The van der Waals surface area contributed by atoms with Gasteiger partial charge in [0.1, 0.15) is 46.0 Å². The molecule has 0 aliphatic carbocycles. The first-order valence-corrected chi connectivity index (χ1v) is 45.8. The van der Waals surface area contributed by atoms with Crippen molar-refractivity contribution in [1.29, 1.82) is 0 Å². The van der Waals surface area contributed by atoms with Gasteiger partial charge in [0.15, 0.2) is 0 Å². The smallest absolute Gasteiger partial charge is 0.244 e. The van der Waals surface area contributed by atoms with Gasteiger partial charge in [-0.3, -0.25) is 28.8 Å². The van der Waals surface area contributed by atoms with E-state index in [4.69, 9.17) is 4.74 Å². The van der Waals surface area contributed by atoms with E-state index in [0.29, 0.717) is 44.7 Å². The molecule has 742 valence electrons. The number of hydrogen-bond donors (Lipinski definition) is 13. The van der Waals surface area contributed by atoms with Crippen molar-refractivity contribution in [3.8, 4) is 57.1 Å². The van der Waals surface area contributed by atoms with Gasteiger partial charge in [0.2, 0.25) is 35.4 Å². The summed E-state index contributed by atoms with van der Waals surface area (Å²) in [5.74, 6) is 0.543. The molecular formula is C113H166N8O14. The topological polar surface area (TPSA) is 332 Å². The van der Waals surface area contributed by atoms with Crippen LogP contribution in [0.1, 0.15) is 316 Å². The maximum absolute atomic E-state index is 12.0. The summed E-state index contributed by atoms with van der Waals surface area (Å²) >= 11 is 0. The Balaban J connectivity index is 0.000000549. The number of methoxy groups -OCH3 is 1. The van der Waals surface area contributed by atoms with Crippen LogP contribution in [0.5, 0.6) is 46.0 Å². The summed E-state index contributed by atoms with van der Waals surface area (Å²) in [5.41, 5.74) is 11.1. The Hall–Kier alpha value is -12.2. The summed E-state index contributed by atoms with van der Waals surface area (Å²) in [4.78, 5) is 75.1. The fourth-order valence-electron chi connectivity index (χ4n) is 13.0. The number of phenolic OH excluding ortho intramolecular Hbond substituents is 7. The number of amides is 6. The molecule has 0 bridgehead atoms. The molecule has 0 spiro atoms. The summed E-state index contributed by atoms with van der Waals surface area (Å²) < 4.78 is 5.41. The predicted octanol–water partition coefficient (Wildman–Crippen LogP) is 23.2. The van der Waals surface area contributed by atoms with Crippen molar-refractivity contribution in [2.24, 2.45) is 0 Å². The molecule has 22 nitrogen and oxygen atoms in total. The Bertz CT molecular complexity index is 5270. The van der Waals surface area contributed by atoms with E-state index in [2.05, 4.69) is 148 Å². The molecule has 6 amide bonds. The van der Waals surface area contributed by atoms with Crippen LogP contribution < -0.4 is 46.4 Å². The first-order valence-electron chi connectivity index (χ1n) is 45.8. The minimum atomic E-state index is -0.318. The molecule has 0 aliphatic rings. The van der Waals surface area contributed by atoms with E-state index in [1.165, 1.54) is 54.7 Å². The highest BCUT2D eigenvalue weighted by atomic mass is 16.5. The van der Waals surface area contributed by atoms with Crippen LogP contribution in [0.4, 0.5) is 11.4 Å². The molecule has 0 aromatic heterocycles. The van der Waals surface area contributed by atoms with Gasteiger partial charge in [0, 0.05) is 154 Å². The Kier molecular flexibility index (Phi) is 42.1. The number of carbonyl (C=O) groups is 6.